The van der Waals surface area contributed by atoms with Gasteiger partial charge < -0.3 is 9.80 Å². The third kappa shape index (κ3) is 3.30. The van der Waals surface area contributed by atoms with Crippen LogP contribution >= 0.6 is 15.9 Å². The molecule has 118 valence electrons. The fourth-order valence-electron chi connectivity index (χ4n) is 2.92. The predicted molar refractivity (Wildman–Crippen MR) is 94.6 cm³/mol. The largest absolute Gasteiger partial charge is 0.368 e. The number of nitrogens with zero attached hydrogens (tertiary/aromatic N) is 5. The number of anilines is 2. The van der Waals surface area contributed by atoms with Gasteiger partial charge >= 0.3 is 0 Å². The zero-order valence-corrected chi connectivity index (χ0v) is 14.8. The maximum absolute atomic E-state index is 9.36. The van der Waals surface area contributed by atoms with E-state index in [1.807, 2.05) is 38.2 Å². The lowest BCUT2D eigenvalue weighted by Gasteiger charge is -2.26. The van der Waals surface area contributed by atoms with Crippen LogP contribution in [0.25, 0.3) is 0 Å². The Labute approximate surface area is 144 Å². The highest BCUT2D eigenvalue weighted by Crippen LogP contribution is 2.29. The Balaban J connectivity index is 1.77. The van der Waals surface area contributed by atoms with Crippen molar-refractivity contribution in [3.63, 3.8) is 0 Å². The molecule has 0 spiro atoms. The zero-order chi connectivity index (χ0) is 16.4. The van der Waals surface area contributed by atoms with Crippen LogP contribution in [0.5, 0.6) is 0 Å². The van der Waals surface area contributed by atoms with Gasteiger partial charge in [-0.15, -0.1) is 0 Å². The van der Waals surface area contributed by atoms with Crippen molar-refractivity contribution in [1.29, 1.82) is 5.26 Å². The summed E-state index contributed by atoms with van der Waals surface area (Å²) in [7, 11) is 2.04. The number of nitriles is 1. The molecule has 1 atom stereocenters. The maximum Gasteiger partial charge on any atom is 0.225 e. The summed E-state index contributed by atoms with van der Waals surface area (Å²) in [6, 6.07) is 10.4. The van der Waals surface area contributed by atoms with Crippen molar-refractivity contribution >= 4 is 27.6 Å². The van der Waals surface area contributed by atoms with Gasteiger partial charge in [0.15, 0.2) is 0 Å². The lowest BCUT2D eigenvalue weighted by Crippen LogP contribution is -2.35. The van der Waals surface area contributed by atoms with Gasteiger partial charge in [0, 0.05) is 36.5 Å². The number of aryl methyl sites for hydroxylation is 1. The molecule has 23 heavy (non-hydrogen) atoms. The number of likely N-dealkylation sites (N-methyl/N-ethyl adjacent to an activating group) is 1. The Morgan fingerprint density at radius 2 is 2.22 bits per heavy atom. The van der Waals surface area contributed by atoms with E-state index in [4.69, 9.17) is 0 Å². The van der Waals surface area contributed by atoms with Gasteiger partial charge in [0.1, 0.15) is 6.07 Å². The van der Waals surface area contributed by atoms with Crippen molar-refractivity contribution < 1.29 is 0 Å². The van der Waals surface area contributed by atoms with Crippen LogP contribution in [-0.4, -0.2) is 36.1 Å². The second-order valence-corrected chi connectivity index (χ2v) is 6.69. The van der Waals surface area contributed by atoms with Gasteiger partial charge in [0.05, 0.1) is 17.3 Å². The number of halogens is 1. The van der Waals surface area contributed by atoms with Crippen molar-refractivity contribution in [2.45, 2.75) is 19.4 Å². The minimum absolute atomic E-state index is 0.340. The number of aromatic nitrogens is 2. The van der Waals surface area contributed by atoms with Crippen LogP contribution in [0.2, 0.25) is 0 Å². The molecule has 2 aromatic rings. The van der Waals surface area contributed by atoms with Crippen molar-refractivity contribution in [2.24, 2.45) is 0 Å². The molecule has 2 heterocycles. The molecule has 1 aliphatic heterocycles. The van der Waals surface area contributed by atoms with Crippen LogP contribution in [0.1, 0.15) is 17.7 Å². The van der Waals surface area contributed by atoms with Gasteiger partial charge in [-0.2, -0.15) is 5.26 Å². The highest BCUT2D eigenvalue weighted by atomic mass is 79.9. The van der Waals surface area contributed by atoms with E-state index >= 15 is 0 Å². The van der Waals surface area contributed by atoms with E-state index in [2.05, 4.69) is 41.8 Å². The fraction of sp³-hybridized carbons (Fsp3) is 0.353. The number of hydrogen-bond donors (Lipinski definition) is 0. The Hall–Kier alpha value is -2.13. The summed E-state index contributed by atoms with van der Waals surface area (Å²) in [5.74, 6) is 0.758. The van der Waals surface area contributed by atoms with Gasteiger partial charge in [-0.3, -0.25) is 0 Å². The van der Waals surface area contributed by atoms with Crippen molar-refractivity contribution in [1.82, 2.24) is 9.97 Å². The van der Waals surface area contributed by atoms with Crippen LogP contribution in [0.15, 0.2) is 34.9 Å². The summed E-state index contributed by atoms with van der Waals surface area (Å²) < 4.78 is 0.929. The van der Waals surface area contributed by atoms with Gasteiger partial charge in [-0.25, -0.2) is 9.97 Å². The summed E-state index contributed by atoms with van der Waals surface area (Å²) >= 11 is 3.42. The van der Waals surface area contributed by atoms with Crippen LogP contribution in [-0.2, 0) is 0 Å². The first kappa shape index (κ1) is 15.8. The van der Waals surface area contributed by atoms with E-state index in [0.717, 1.165) is 41.3 Å². The maximum atomic E-state index is 9.36. The molecule has 0 amide bonds. The molecule has 1 saturated heterocycles. The normalized spacial score (nSPS) is 17.1. The SMILES string of the molecule is Cc1ccnc(N(C)C2CCN(c3ccc(Br)cc3C#N)C2)n1. The van der Waals surface area contributed by atoms with E-state index in [1.54, 1.807) is 6.20 Å². The van der Waals surface area contributed by atoms with Crippen molar-refractivity contribution in [3.05, 3.63) is 46.2 Å². The average Bonchev–Trinajstić information content (AvgIpc) is 3.03. The van der Waals surface area contributed by atoms with Gasteiger partial charge in [0.2, 0.25) is 5.95 Å². The monoisotopic (exact) mass is 371 g/mol. The molecule has 0 saturated carbocycles. The first-order valence-corrected chi connectivity index (χ1v) is 8.35. The molecule has 0 radical (unpaired) electrons. The second kappa shape index (κ2) is 6.55. The first-order valence-electron chi connectivity index (χ1n) is 7.55. The summed E-state index contributed by atoms with van der Waals surface area (Å²) in [5.41, 5.74) is 2.67. The first-order chi connectivity index (χ1) is 11.1. The molecule has 1 aromatic carbocycles. The predicted octanol–water partition coefficient (Wildman–Crippen LogP) is 3.13. The molecule has 3 rings (SSSR count). The summed E-state index contributed by atoms with van der Waals surface area (Å²) in [6.45, 7) is 3.77. The highest BCUT2D eigenvalue weighted by Gasteiger charge is 2.28. The molecule has 1 fully saturated rings. The fourth-order valence-corrected chi connectivity index (χ4v) is 3.28. The molecule has 1 aromatic heterocycles. The molecule has 0 bridgehead atoms. The molecule has 0 aliphatic carbocycles. The number of rotatable bonds is 3. The standard InChI is InChI=1S/C17H18BrN5/c1-12-5-7-20-17(21-12)22(2)15-6-8-23(11-15)16-4-3-14(18)9-13(16)10-19/h3-5,7,9,15H,6,8,11H2,1-2H3. The second-order valence-electron chi connectivity index (χ2n) is 5.77. The topological polar surface area (TPSA) is 56.1 Å². The van der Waals surface area contributed by atoms with E-state index in [1.165, 1.54) is 0 Å². The number of hydrogen-bond acceptors (Lipinski definition) is 5. The summed E-state index contributed by atoms with van der Waals surface area (Å²) in [4.78, 5) is 13.3. The molecule has 1 unspecified atom stereocenters. The van der Waals surface area contributed by atoms with Crippen molar-refractivity contribution in [2.75, 3.05) is 29.9 Å². The highest BCUT2D eigenvalue weighted by molar-refractivity contribution is 9.10. The molecule has 1 aliphatic rings. The van der Waals surface area contributed by atoms with E-state index in [0.29, 0.717) is 11.6 Å². The van der Waals surface area contributed by atoms with E-state index < -0.39 is 0 Å². The zero-order valence-electron chi connectivity index (χ0n) is 13.2. The van der Waals surface area contributed by atoms with Crippen LogP contribution in [0.3, 0.4) is 0 Å². The van der Waals surface area contributed by atoms with Crippen LogP contribution < -0.4 is 9.80 Å². The summed E-state index contributed by atoms with van der Waals surface area (Å²) in [6.07, 6.45) is 2.82. The Morgan fingerprint density at radius 1 is 1.39 bits per heavy atom. The van der Waals surface area contributed by atoms with E-state index in [-0.39, 0.29) is 0 Å². The molecular weight excluding hydrogens is 354 g/mol. The van der Waals surface area contributed by atoms with E-state index in [9.17, 15) is 5.26 Å². The molecule has 0 N–H and O–H groups in total. The third-order valence-electron chi connectivity index (χ3n) is 4.23. The Kier molecular flexibility index (Phi) is 4.49. The molecule has 6 heteroatoms. The third-order valence-corrected chi connectivity index (χ3v) is 4.72. The molecule has 5 nitrogen and oxygen atoms in total. The molecular formula is C17H18BrN5. The van der Waals surface area contributed by atoms with Crippen LogP contribution in [0.4, 0.5) is 11.6 Å². The lowest BCUT2D eigenvalue weighted by atomic mass is 10.2. The van der Waals surface area contributed by atoms with Gasteiger partial charge in [0.25, 0.3) is 0 Å². The van der Waals surface area contributed by atoms with Crippen LogP contribution in [0, 0.1) is 18.3 Å². The Morgan fingerprint density at radius 3 is 2.96 bits per heavy atom. The quantitative estimate of drug-likeness (QED) is 0.829. The lowest BCUT2D eigenvalue weighted by molar-refractivity contribution is 0.673. The van der Waals surface area contributed by atoms with Gasteiger partial charge in [-0.05, 0) is 37.6 Å². The van der Waals surface area contributed by atoms with Gasteiger partial charge in [-0.1, -0.05) is 15.9 Å². The minimum Gasteiger partial charge on any atom is -0.368 e. The average molecular weight is 372 g/mol. The smallest absolute Gasteiger partial charge is 0.225 e. The van der Waals surface area contributed by atoms with Crippen molar-refractivity contribution in [3.8, 4) is 6.07 Å². The summed E-state index contributed by atoms with van der Waals surface area (Å²) in [5, 5.41) is 9.36. The number of benzene rings is 1. The minimum atomic E-state index is 0.340. The Bertz CT molecular complexity index is 755.